The first-order chi connectivity index (χ1) is 9.30. The van der Waals surface area contributed by atoms with Gasteiger partial charge in [-0.3, -0.25) is 4.90 Å². The standard InChI is InChI=1S/C15H22N2O2/c1-18-11-9-17(10-12-19-2)13-15-5-3-14(4-6-15)7-8-16/h3-6H,7,9-13H2,1-2H3. The summed E-state index contributed by atoms with van der Waals surface area (Å²) in [5, 5.41) is 8.64. The predicted molar refractivity (Wildman–Crippen MR) is 74.8 cm³/mol. The Morgan fingerprint density at radius 2 is 1.53 bits per heavy atom. The third-order valence-electron chi connectivity index (χ3n) is 2.94. The van der Waals surface area contributed by atoms with Crippen LogP contribution >= 0.6 is 0 Å². The van der Waals surface area contributed by atoms with E-state index in [1.807, 2.05) is 12.1 Å². The summed E-state index contributed by atoms with van der Waals surface area (Å²) in [6, 6.07) is 10.4. The highest BCUT2D eigenvalue weighted by Crippen LogP contribution is 2.08. The zero-order valence-electron chi connectivity index (χ0n) is 11.8. The minimum absolute atomic E-state index is 0.470. The van der Waals surface area contributed by atoms with Crippen LogP contribution < -0.4 is 0 Å². The molecule has 0 radical (unpaired) electrons. The highest BCUT2D eigenvalue weighted by Gasteiger charge is 2.05. The van der Waals surface area contributed by atoms with Crippen molar-refractivity contribution in [3.63, 3.8) is 0 Å². The normalized spacial score (nSPS) is 10.6. The van der Waals surface area contributed by atoms with E-state index in [1.165, 1.54) is 5.56 Å². The van der Waals surface area contributed by atoms with Gasteiger partial charge < -0.3 is 9.47 Å². The Balaban J connectivity index is 2.53. The molecule has 104 valence electrons. The lowest BCUT2D eigenvalue weighted by molar-refractivity contribution is 0.110. The lowest BCUT2D eigenvalue weighted by Crippen LogP contribution is -2.30. The minimum Gasteiger partial charge on any atom is -0.383 e. The van der Waals surface area contributed by atoms with Crippen molar-refractivity contribution in [2.45, 2.75) is 13.0 Å². The van der Waals surface area contributed by atoms with Crippen LogP contribution in [0.2, 0.25) is 0 Å². The average molecular weight is 262 g/mol. The largest absolute Gasteiger partial charge is 0.383 e. The van der Waals surface area contributed by atoms with Crippen LogP contribution in [0.1, 0.15) is 11.1 Å². The van der Waals surface area contributed by atoms with E-state index in [1.54, 1.807) is 14.2 Å². The van der Waals surface area contributed by atoms with Crippen molar-refractivity contribution in [2.75, 3.05) is 40.5 Å². The molecule has 0 aliphatic carbocycles. The Labute approximate surface area is 115 Å². The van der Waals surface area contributed by atoms with Gasteiger partial charge in [-0.05, 0) is 11.1 Å². The molecule has 0 aliphatic rings. The fraction of sp³-hybridized carbons (Fsp3) is 0.533. The van der Waals surface area contributed by atoms with E-state index in [2.05, 4.69) is 23.1 Å². The van der Waals surface area contributed by atoms with Gasteiger partial charge in [-0.15, -0.1) is 0 Å². The molecule has 0 saturated carbocycles. The second-order valence-corrected chi connectivity index (χ2v) is 4.41. The summed E-state index contributed by atoms with van der Waals surface area (Å²) in [4.78, 5) is 2.30. The molecule has 0 atom stereocenters. The van der Waals surface area contributed by atoms with Crippen LogP contribution in [0.15, 0.2) is 24.3 Å². The van der Waals surface area contributed by atoms with Gasteiger partial charge in [0, 0.05) is 33.9 Å². The molecule has 0 saturated heterocycles. The van der Waals surface area contributed by atoms with Crippen LogP contribution in [0.25, 0.3) is 0 Å². The molecule has 0 aromatic heterocycles. The van der Waals surface area contributed by atoms with Crippen molar-refractivity contribution < 1.29 is 9.47 Å². The smallest absolute Gasteiger partial charge is 0.0669 e. The van der Waals surface area contributed by atoms with Crippen molar-refractivity contribution in [1.29, 1.82) is 5.26 Å². The van der Waals surface area contributed by atoms with Gasteiger partial charge in [0.1, 0.15) is 0 Å². The molecule has 0 fully saturated rings. The fourth-order valence-corrected chi connectivity index (χ4v) is 1.82. The van der Waals surface area contributed by atoms with Crippen molar-refractivity contribution in [1.82, 2.24) is 4.90 Å². The van der Waals surface area contributed by atoms with E-state index < -0.39 is 0 Å². The summed E-state index contributed by atoms with van der Waals surface area (Å²) in [5.74, 6) is 0. The Morgan fingerprint density at radius 3 is 2.00 bits per heavy atom. The number of benzene rings is 1. The molecule has 0 heterocycles. The molecule has 0 spiro atoms. The molecule has 4 nitrogen and oxygen atoms in total. The van der Waals surface area contributed by atoms with Gasteiger partial charge in [-0.1, -0.05) is 24.3 Å². The Bertz CT molecular complexity index is 376. The van der Waals surface area contributed by atoms with E-state index in [0.29, 0.717) is 6.42 Å². The van der Waals surface area contributed by atoms with Gasteiger partial charge in [0.05, 0.1) is 25.7 Å². The molecule has 19 heavy (non-hydrogen) atoms. The molecule has 0 unspecified atom stereocenters. The molecule has 0 N–H and O–H groups in total. The van der Waals surface area contributed by atoms with E-state index in [9.17, 15) is 0 Å². The van der Waals surface area contributed by atoms with Crippen molar-refractivity contribution in [3.05, 3.63) is 35.4 Å². The lowest BCUT2D eigenvalue weighted by atomic mass is 10.1. The maximum absolute atomic E-state index is 8.64. The van der Waals surface area contributed by atoms with Gasteiger partial charge in [-0.2, -0.15) is 5.26 Å². The number of hydrogen-bond acceptors (Lipinski definition) is 4. The van der Waals surface area contributed by atoms with Crippen LogP contribution in [0.5, 0.6) is 0 Å². The Morgan fingerprint density at radius 1 is 1.00 bits per heavy atom. The van der Waals surface area contributed by atoms with Crippen molar-refractivity contribution >= 4 is 0 Å². The van der Waals surface area contributed by atoms with E-state index >= 15 is 0 Å². The topological polar surface area (TPSA) is 45.5 Å². The highest BCUT2D eigenvalue weighted by molar-refractivity contribution is 5.24. The summed E-state index contributed by atoms with van der Waals surface area (Å²) < 4.78 is 10.2. The molecule has 0 amide bonds. The van der Waals surface area contributed by atoms with Crippen LogP contribution in [-0.2, 0) is 22.4 Å². The SMILES string of the molecule is COCCN(CCOC)Cc1ccc(CC#N)cc1. The summed E-state index contributed by atoms with van der Waals surface area (Å²) in [7, 11) is 3.43. The van der Waals surface area contributed by atoms with E-state index in [4.69, 9.17) is 14.7 Å². The first-order valence-corrected chi connectivity index (χ1v) is 6.45. The molecule has 1 aromatic carbocycles. The summed E-state index contributed by atoms with van der Waals surface area (Å²) >= 11 is 0. The first kappa shape index (κ1) is 15.6. The first-order valence-electron chi connectivity index (χ1n) is 6.45. The number of methoxy groups -OCH3 is 2. The molecule has 0 aliphatic heterocycles. The van der Waals surface area contributed by atoms with Gasteiger partial charge >= 0.3 is 0 Å². The number of nitrogens with zero attached hydrogens (tertiary/aromatic N) is 2. The summed E-state index contributed by atoms with van der Waals surface area (Å²) in [6.45, 7) is 4.09. The fourth-order valence-electron chi connectivity index (χ4n) is 1.82. The van der Waals surface area contributed by atoms with Crippen LogP contribution in [-0.4, -0.2) is 45.4 Å². The maximum Gasteiger partial charge on any atom is 0.0669 e. The third-order valence-corrected chi connectivity index (χ3v) is 2.94. The molecular weight excluding hydrogens is 240 g/mol. The Hall–Kier alpha value is -1.41. The second-order valence-electron chi connectivity index (χ2n) is 4.41. The maximum atomic E-state index is 8.64. The second kappa shape index (κ2) is 9.51. The number of hydrogen-bond donors (Lipinski definition) is 0. The Kier molecular flexibility index (Phi) is 7.83. The zero-order chi connectivity index (χ0) is 13.9. The monoisotopic (exact) mass is 262 g/mol. The number of nitriles is 1. The van der Waals surface area contributed by atoms with Crippen LogP contribution in [0.3, 0.4) is 0 Å². The van der Waals surface area contributed by atoms with Crippen LogP contribution in [0.4, 0.5) is 0 Å². The lowest BCUT2D eigenvalue weighted by Gasteiger charge is -2.21. The van der Waals surface area contributed by atoms with Crippen molar-refractivity contribution in [3.8, 4) is 6.07 Å². The van der Waals surface area contributed by atoms with Gasteiger partial charge in [0.2, 0.25) is 0 Å². The van der Waals surface area contributed by atoms with Crippen LogP contribution in [0, 0.1) is 11.3 Å². The van der Waals surface area contributed by atoms with Gasteiger partial charge in [-0.25, -0.2) is 0 Å². The van der Waals surface area contributed by atoms with E-state index in [0.717, 1.165) is 38.4 Å². The molecule has 1 rings (SSSR count). The number of ether oxygens (including phenoxy) is 2. The molecule has 4 heteroatoms. The van der Waals surface area contributed by atoms with E-state index in [-0.39, 0.29) is 0 Å². The third kappa shape index (κ3) is 6.35. The summed E-state index contributed by atoms with van der Waals surface area (Å²) in [5.41, 5.74) is 2.31. The summed E-state index contributed by atoms with van der Waals surface area (Å²) in [6.07, 6.45) is 0.470. The number of rotatable bonds is 9. The molecular formula is C15H22N2O2. The molecule has 1 aromatic rings. The van der Waals surface area contributed by atoms with Gasteiger partial charge in [0.25, 0.3) is 0 Å². The van der Waals surface area contributed by atoms with Crippen molar-refractivity contribution in [2.24, 2.45) is 0 Å². The van der Waals surface area contributed by atoms with Gasteiger partial charge in [0.15, 0.2) is 0 Å². The zero-order valence-corrected chi connectivity index (χ0v) is 11.8. The quantitative estimate of drug-likeness (QED) is 0.681. The minimum atomic E-state index is 0.470. The molecule has 0 bridgehead atoms. The predicted octanol–water partition coefficient (Wildman–Crippen LogP) is 1.85. The average Bonchev–Trinajstić information content (AvgIpc) is 2.44. The highest BCUT2D eigenvalue weighted by atomic mass is 16.5.